The lowest BCUT2D eigenvalue weighted by atomic mass is 10.2. The van der Waals surface area contributed by atoms with E-state index in [0.29, 0.717) is 13.1 Å². The molecule has 24 heavy (non-hydrogen) atoms. The molecule has 1 aromatic carbocycles. The van der Waals surface area contributed by atoms with Gasteiger partial charge in [-0.25, -0.2) is 4.98 Å². The minimum Gasteiger partial charge on any atom is -0.395 e. The van der Waals surface area contributed by atoms with Gasteiger partial charge in [0.05, 0.1) is 18.7 Å². The molecule has 0 radical (unpaired) electrons. The molecule has 1 amide bonds. The summed E-state index contributed by atoms with van der Waals surface area (Å²) in [6.07, 6.45) is 4.06. The third kappa shape index (κ3) is 3.81. The molecule has 5 heteroatoms. The highest BCUT2D eigenvalue weighted by Gasteiger charge is 2.16. The molecule has 2 heterocycles. The van der Waals surface area contributed by atoms with Crippen LogP contribution in [0.4, 0.5) is 0 Å². The lowest BCUT2D eigenvalue weighted by Gasteiger charge is -2.21. The minimum atomic E-state index is -0.0526. The Labute approximate surface area is 141 Å². The Balaban J connectivity index is 1.74. The van der Waals surface area contributed by atoms with Crippen molar-refractivity contribution in [2.75, 3.05) is 13.2 Å². The molecule has 0 spiro atoms. The third-order valence-electron chi connectivity index (χ3n) is 3.94. The molecule has 1 N–H and O–H groups in total. The number of pyridine rings is 1. The minimum absolute atomic E-state index is 0.0342. The lowest BCUT2D eigenvalue weighted by molar-refractivity contribution is -0.131. The standard InChI is InChI=1S/C19H21N3O2/c1-15-7-8-21-14-17(20-18(21)11-15)12-19(24)22(9-10-23)13-16-5-3-2-4-6-16/h2-8,11,14,23H,9-10,12-13H2,1H3. The number of hydrogen-bond acceptors (Lipinski definition) is 3. The molecular formula is C19H21N3O2. The van der Waals surface area contributed by atoms with Crippen LogP contribution in [0.2, 0.25) is 0 Å². The van der Waals surface area contributed by atoms with E-state index in [2.05, 4.69) is 4.98 Å². The first kappa shape index (κ1) is 16.2. The predicted molar refractivity (Wildman–Crippen MR) is 92.6 cm³/mol. The van der Waals surface area contributed by atoms with E-state index in [1.165, 1.54) is 0 Å². The zero-order valence-corrected chi connectivity index (χ0v) is 13.7. The molecule has 0 saturated carbocycles. The quantitative estimate of drug-likeness (QED) is 0.756. The van der Waals surface area contributed by atoms with Gasteiger partial charge in [0.25, 0.3) is 0 Å². The molecule has 3 rings (SSSR count). The third-order valence-corrected chi connectivity index (χ3v) is 3.94. The highest BCUT2D eigenvalue weighted by atomic mass is 16.3. The zero-order chi connectivity index (χ0) is 16.9. The van der Waals surface area contributed by atoms with Gasteiger partial charge < -0.3 is 14.4 Å². The second-order valence-electron chi connectivity index (χ2n) is 5.90. The summed E-state index contributed by atoms with van der Waals surface area (Å²) < 4.78 is 1.92. The van der Waals surface area contributed by atoms with Crippen LogP contribution in [-0.4, -0.2) is 38.4 Å². The molecule has 3 aromatic rings. The normalized spacial score (nSPS) is 10.9. The first-order valence-electron chi connectivity index (χ1n) is 8.02. The molecule has 0 aliphatic heterocycles. The van der Waals surface area contributed by atoms with Gasteiger partial charge in [0.1, 0.15) is 5.65 Å². The summed E-state index contributed by atoms with van der Waals surface area (Å²) in [7, 11) is 0. The Morgan fingerprint density at radius 3 is 2.79 bits per heavy atom. The molecule has 0 atom stereocenters. The SMILES string of the molecule is Cc1ccn2cc(CC(=O)N(CCO)Cc3ccccc3)nc2c1. The molecule has 0 unspecified atom stereocenters. The van der Waals surface area contributed by atoms with Gasteiger partial charge in [-0.1, -0.05) is 30.3 Å². The van der Waals surface area contributed by atoms with Crippen molar-refractivity contribution < 1.29 is 9.90 Å². The average Bonchev–Trinajstić information content (AvgIpc) is 2.96. The predicted octanol–water partition coefficient (Wildman–Crippen LogP) is 2.21. The Morgan fingerprint density at radius 2 is 2.04 bits per heavy atom. The van der Waals surface area contributed by atoms with E-state index in [0.717, 1.165) is 22.5 Å². The fraction of sp³-hybridized carbons (Fsp3) is 0.263. The summed E-state index contributed by atoms with van der Waals surface area (Å²) >= 11 is 0. The molecule has 2 aromatic heterocycles. The van der Waals surface area contributed by atoms with E-state index < -0.39 is 0 Å². The fourth-order valence-electron chi connectivity index (χ4n) is 2.70. The molecule has 0 bridgehead atoms. The van der Waals surface area contributed by atoms with E-state index in [1.807, 2.05) is 66.2 Å². The number of aliphatic hydroxyl groups is 1. The van der Waals surface area contributed by atoms with Crippen molar-refractivity contribution in [3.63, 3.8) is 0 Å². The van der Waals surface area contributed by atoms with Crippen molar-refractivity contribution in [1.82, 2.24) is 14.3 Å². The van der Waals surface area contributed by atoms with Gasteiger partial charge in [-0.05, 0) is 30.2 Å². The number of aliphatic hydroxyl groups excluding tert-OH is 1. The van der Waals surface area contributed by atoms with Gasteiger partial charge in [-0.2, -0.15) is 0 Å². The van der Waals surface area contributed by atoms with Crippen LogP contribution in [0.3, 0.4) is 0 Å². The molecule has 5 nitrogen and oxygen atoms in total. The monoisotopic (exact) mass is 323 g/mol. The van der Waals surface area contributed by atoms with Crippen molar-refractivity contribution >= 4 is 11.6 Å². The largest absolute Gasteiger partial charge is 0.395 e. The highest BCUT2D eigenvalue weighted by molar-refractivity contribution is 5.78. The van der Waals surface area contributed by atoms with Gasteiger partial charge in [0.2, 0.25) is 5.91 Å². The maximum Gasteiger partial charge on any atom is 0.229 e. The molecule has 0 saturated heterocycles. The number of rotatable bonds is 6. The summed E-state index contributed by atoms with van der Waals surface area (Å²) in [6.45, 7) is 2.78. The summed E-state index contributed by atoms with van der Waals surface area (Å²) in [5.41, 5.74) is 3.76. The molecule has 0 aliphatic carbocycles. The van der Waals surface area contributed by atoms with Crippen LogP contribution in [-0.2, 0) is 17.8 Å². The van der Waals surface area contributed by atoms with Gasteiger partial charge in [0, 0.05) is 25.5 Å². The number of nitrogens with zero attached hydrogens (tertiary/aromatic N) is 3. The number of carbonyl (C=O) groups is 1. The number of hydrogen-bond donors (Lipinski definition) is 1. The van der Waals surface area contributed by atoms with E-state index >= 15 is 0 Å². The van der Waals surface area contributed by atoms with Gasteiger partial charge in [-0.3, -0.25) is 4.79 Å². The first-order chi connectivity index (χ1) is 11.7. The Bertz CT molecular complexity index is 827. The van der Waals surface area contributed by atoms with Crippen LogP contribution in [0, 0.1) is 6.92 Å². The van der Waals surface area contributed by atoms with Crippen molar-refractivity contribution in [3.05, 3.63) is 71.7 Å². The van der Waals surface area contributed by atoms with Crippen LogP contribution in [0.5, 0.6) is 0 Å². The Hall–Kier alpha value is -2.66. The van der Waals surface area contributed by atoms with E-state index in [-0.39, 0.29) is 18.9 Å². The molecular weight excluding hydrogens is 302 g/mol. The second-order valence-corrected chi connectivity index (χ2v) is 5.90. The van der Waals surface area contributed by atoms with Gasteiger partial charge >= 0.3 is 0 Å². The van der Waals surface area contributed by atoms with Crippen LogP contribution < -0.4 is 0 Å². The lowest BCUT2D eigenvalue weighted by Crippen LogP contribution is -2.34. The summed E-state index contributed by atoms with van der Waals surface area (Å²) in [4.78, 5) is 18.8. The number of imidazole rings is 1. The van der Waals surface area contributed by atoms with E-state index in [1.54, 1.807) is 4.90 Å². The number of amides is 1. The van der Waals surface area contributed by atoms with Crippen molar-refractivity contribution in [3.8, 4) is 0 Å². The Kier molecular flexibility index (Phi) is 4.91. The molecule has 124 valence electrons. The summed E-state index contributed by atoms with van der Waals surface area (Å²) in [5.74, 6) is -0.0342. The fourth-order valence-corrected chi connectivity index (χ4v) is 2.70. The van der Waals surface area contributed by atoms with Gasteiger partial charge in [-0.15, -0.1) is 0 Å². The van der Waals surface area contributed by atoms with Crippen LogP contribution in [0.1, 0.15) is 16.8 Å². The summed E-state index contributed by atoms with van der Waals surface area (Å²) in [6, 6.07) is 13.8. The summed E-state index contributed by atoms with van der Waals surface area (Å²) in [5, 5.41) is 9.26. The average molecular weight is 323 g/mol. The van der Waals surface area contributed by atoms with Crippen molar-refractivity contribution in [1.29, 1.82) is 0 Å². The van der Waals surface area contributed by atoms with Crippen molar-refractivity contribution in [2.45, 2.75) is 19.9 Å². The maximum absolute atomic E-state index is 12.6. The number of aromatic nitrogens is 2. The van der Waals surface area contributed by atoms with Crippen LogP contribution >= 0.6 is 0 Å². The number of benzene rings is 1. The zero-order valence-electron chi connectivity index (χ0n) is 13.7. The first-order valence-corrected chi connectivity index (χ1v) is 8.02. The van der Waals surface area contributed by atoms with E-state index in [4.69, 9.17) is 0 Å². The smallest absolute Gasteiger partial charge is 0.229 e. The topological polar surface area (TPSA) is 57.8 Å². The Morgan fingerprint density at radius 1 is 1.25 bits per heavy atom. The number of carbonyl (C=O) groups excluding carboxylic acids is 1. The maximum atomic E-state index is 12.6. The number of aryl methyl sites for hydroxylation is 1. The van der Waals surface area contributed by atoms with Crippen molar-refractivity contribution in [2.24, 2.45) is 0 Å². The van der Waals surface area contributed by atoms with Gasteiger partial charge in [0.15, 0.2) is 0 Å². The second kappa shape index (κ2) is 7.27. The molecule has 0 aliphatic rings. The van der Waals surface area contributed by atoms with Crippen LogP contribution in [0.25, 0.3) is 5.65 Å². The van der Waals surface area contributed by atoms with Crippen LogP contribution in [0.15, 0.2) is 54.9 Å². The molecule has 0 fully saturated rings. The number of fused-ring (bicyclic) bond motifs is 1. The van der Waals surface area contributed by atoms with E-state index in [9.17, 15) is 9.90 Å². The highest BCUT2D eigenvalue weighted by Crippen LogP contribution is 2.11.